The lowest BCUT2D eigenvalue weighted by Crippen LogP contribution is -2.44. The number of nitrogens with zero attached hydrogens (tertiary/aromatic N) is 3. The van der Waals surface area contributed by atoms with Crippen molar-refractivity contribution in [3.8, 4) is 5.69 Å². The Morgan fingerprint density at radius 2 is 2.09 bits per heavy atom. The number of allylic oxidation sites excluding steroid dienone is 1. The van der Waals surface area contributed by atoms with Gasteiger partial charge in [-0.05, 0) is 75.6 Å². The third-order valence-electron chi connectivity index (χ3n) is 6.43. The van der Waals surface area contributed by atoms with Crippen LogP contribution in [0.4, 0.5) is 5.82 Å². The number of amides is 1. The second-order valence-corrected chi connectivity index (χ2v) is 9.22. The Kier molecular flexibility index (Phi) is 7.30. The van der Waals surface area contributed by atoms with Crippen molar-refractivity contribution < 1.29 is 4.79 Å². The van der Waals surface area contributed by atoms with Crippen molar-refractivity contribution >= 4 is 23.3 Å². The van der Waals surface area contributed by atoms with Gasteiger partial charge in [-0.15, -0.1) is 5.10 Å². The van der Waals surface area contributed by atoms with Gasteiger partial charge < -0.3 is 10.2 Å². The first-order chi connectivity index (χ1) is 15.5. The number of nitrogens with one attached hydrogen (secondary N) is 1. The number of anilines is 1. The largest absolute Gasteiger partial charge is 0.355 e. The molecule has 6 nitrogen and oxygen atoms in total. The number of halogens is 1. The van der Waals surface area contributed by atoms with Gasteiger partial charge in [0.1, 0.15) is 5.82 Å². The molecule has 1 aromatic carbocycles. The Labute approximate surface area is 194 Å². The minimum absolute atomic E-state index is 0.0694. The molecule has 4 rings (SSSR count). The van der Waals surface area contributed by atoms with Gasteiger partial charge in [0, 0.05) is 30.7 Å². The predicted molar refractivity (Wildman–Crippen MR) is 129 cm³/mol. The second kappa shape index (κ2) is 10.3. The van der Waals surface area contributed by atoms with E-state index < -0.39 is 0 Å². The summed E-state index contributed by atoms with van der Waals surface area (Å²) in [6.45, 7) is 4.05. The molecule has 0 bridgehead atoms. The topological polar surface area (TPSA) is 67.2 Å². The molecule has 2 aromatic rings. The zero-order valence-electron chi connectivity index (χ0n) is 18.6. The maximum atomic E-state index is 12.8. The van der Waals surface area contributed by atoms with Crippen LogP contribution in [0.25, 0.3) is 5.69 Å². The number of hydrogen-bond acceptors (Lipinski definition) is 4. The summed E-state index contributed by atoms with van der Waals surface area (Å²) in [6.07, 6.45) is 9.96. The number of carbonyl (C=O) groups is 1. The highest BCUT2D eigenvalue weighted by Gasteiger charge is 2.27. The first-order valence-corrected chi connectivity index (χ1v) is 12.0. The highest BCUT2D eigenvalue weighted by molar-refractivity contribution is 6.31. The van der Waals surface area contributed by atoms with Crippen molar-refractivity contribution in [3.05, 3.63) is 62.9 Å². The summed E-state index contributed by atoms with van der Waals surface area (Å²) >= 11 is 6.25. The van der Waals surface area contributed by atoms with Gasteiger partial charge in [-0.1, -0.05) is 29.3 Å². The average molecular weight is 455 g/mol. The fraction of sp³-hybridized carbons (Fsp3) is 0.480. The van der Waals surface area contributed by atoms with E-state index in [0.717, 1.165) is 31.4 Å². The maximum absolute atomic E-state index is 12.8. The van der Waals surface area contributed by atoms with E-state index in [0.29, 0.717) is 29.6 Å². The number of carbonyl (C=O) groups excluding carboxylic acids is 1. The van der Waals surface area contributed by atoms with Crippen LogP contribution >= 0.6 is 11.6 Å². The predicted octanol–water partition coefficient (Wildman–Crippen LogP) is 4.42. The Balaban J connectivity index is 1.41. The lowest BCUT2D eigenvalue weighted by atomic mass is 9.96. The van der Waals surface area contributed by atoms with Gasteiger partial charge in [0.15, 0.2) is 0 Å². The molecule has 7 heteroatoms. The molecule has 0 spiro atoms. The maximum Gasteiger partial charge on any atom is 0.271 e. The van der Waals surface area contributed by atoms with E-state index in [9.17, 15) is 9.59 Å². The fourth-order valence-electron chi connectivity index (χ4n) is 4.49. The van der Waals surface area contributed by atoms with Gasteiger partial charge in [-0.3, -0.25) is 9.59 Å². The van der Waals surface area contributed by atoms with Gasteiger partial charge in [0.25, 0.3) is 5.56 Å². The Morgan fingerprint density at radius 1 is 1.22 bits per heavy atom. The standard InChI is InChI=1S/C25H31ClN4O2/c1-18-9-10-21(16-22(18)26)30-24(31)12-11-23(28-30)29-15-5-8-20(17-29)25(32)27-14-13-19-6-3-2-4-7-19/h6,9-12,16,20H,2-5,7-8,13-15,17H2,1H3,(H,27,32)/t20-/m0/s1. The van der Waals surface area contributed by atoms with Crippen molar-refractivity contribution in [2.75, 3.05) is 24.5 Å². The minimum Gasteiger partial charge on any atom is -0.355 e. The van der Waals surface area contributed by atoms with Crippen LogP contribution in [0.5, 0.6) is 0 Å². The third kappa shape index (κ3) is 5.41. The number of rotatable bonds is 6. The van der Waals surface area contributed by atoms with Crippen molar-refractivity contribution in [2.45, 2.75) is 51.9 Å². The number of piperidine rings is 1. The zero-order chi connectivity index (χ0) is 22.5. The van der Waals surface area contributed by atoms with Gasteiger partial charge in [-0.2, -0.15) is 4.68 Å². The fourth-order valence-corrected chi connectivity index (χ4v) is 4.66. The van der Waals surface area contributed by atoms with Gasteiger partial charge in [0.05, 0.1) is 11.6 Å². The molecule has 32 heavy (non-hydrogen) atoms. The highest BCUT2D eigenvalue weighted by atomic mass is 35.5. The van der Waals surface area contributed by atoms with Crippen LogP contribution in [0, 0.1) is 12.8 Å². The number of hydrogen-bond donors (Lipinski definition) is 1. The zero-order valence-corrected chi connectivity index (χ0v) is 19.4. The molecule has 1 atom stereocenters. The van der Waals surface area contributed by atoms with Crippen molar-refractivity contribution in [1.29, 1.82) is 0 Å². The third-order valence-corrected chi connectivity index (χ3v) is 6.84. The molecule has 1 fully saturated rings. The van der Waals surface area contributed by atoms with Crippen LogP contribution in [0.15, 0.2) is 46.8 Å². The number of aryl methyl sites for hydroxylation is 1. The highest BCUT2D eigenvalue weighted by Crippen LogP contribution is 2.23. The summed E-state index contributed by atoms with van der Waals surface area (Å²) < 4.78 is 1.38. The van der Waals surface area contributed by atoms with E-state index in [-0.39, 0.29) is 17.4 Å². The van der Waals surface area contributed by atoms with Crippen molar-refractivity contribution in [3.63, 3.8) is 0 Å². The summed E-state index contributed by atoms with van der Waals surface area (Å²) in [4.78, 5) is 27.3. The quantitative estimate of drug-likeness (QED) is 0.656. The van der Waals surface area contributed by atoms with Crippen LogP contribution in [-0.2, 0) is 4.79 Å². The van der Waals surface area contributed by atoms with Crippen molar-refractivity contribution in [1.82, 2.24) is 15.1 Å². The molecule has 1 N–H and O–H groups in total. The molecule has 2 heterocycles. The van der Waals surface area contributed by atoms with Gasteiger partial charge in [-0.25, -0.2) is 0 Å². The van der Waals surface area contributed by atoms with Crippen LogP contribution in [-0.4, -0.2) is 35.3 Å². The summed E-state index contributed by atoms with van der Waals surface area (Å²) in [6, 6.07) is 8.74. The van der Waals surface area contributed by atoms with Crippen LogP contribution in [0.3, 0.4) is 0 Å². The molecule has 1 aliphatic carbocycles. The lowest BCUT2D eigenvalue weighted by Gasteiger charge is -2.33. The first kappa shape index (κ1) is 22.6. The summed E-state index contributed by atoms with van der Waals surface area (Å²) in [7, 11) is 0. The molecule has 0 saturated carbocycles. The van der Waals surface area contributed by atoms with E-state index in [1.54, 1.807) is 12.1 Å². The Bertz CT molecular complexity index is 1060. The van der Waals surface area contributed by atoms with Gasteiger partial charge in [0.2, 0.25) is 5.91 Å². The Hall–Kier alpha value is -2.60. The smallest absolute Gasteiger partial charge is 0.271 e. The molecule has 0 radical (unpaired) electrons. The molecular formula is C25H31ClN4O2. The van der Waals surface area contributed by atoms with Crippen LogP contribution < -0.4 is 15.8 Å². The molecule has 170 valence electrons. The van der Waals surface area contributed by atoms with Crippen LogP contribution in [0.1, 0.15) is 50.5 Å². The van der Waals surface area contributed by atoms with Crippen LogP contribution in [0.2, 0.25) is 5.02 Å². The first-order valence-electron chi connectivity index (χ1n) is 11.6. The van der Waals surface area contributed by atoms with Crippen molar-refractivity contribution in [2.24, 2.45) is 5.92 Å². The monoisotopic (exact) mass is 454 g/mol. The normalized spacial score (nSPS) is 18.9. The Morgan fingerprint density at radius 3 is 2.88 bits per heavy atom. The molecule has 1 amide bonds. The molecule has 2 aliphatic rings. The second-order valence-electron chi connectivity index (χ2n) is 8.81. The molecular weight excluding hydrogens is 424 g/mol. The summed E-state index contributed by atoms with van der Waals surface area (Å²) in [5.74, 6) is 0.746. The van der Waals surface area contributed by atoms with Gasteiger partial charge >= 0.3 is 0 Å². The van der Waals surface area contributed by atoms with E-state index in [4.69, 9.17) is 11.6 Å². The summed E-state index contributed by atoms with van der Waals surface area (Å²) in [5, 5.41) is 8.32. The number of aromatic nitrogens is 2. The molecule has 1 aliphatic heterocycles. The number of benzene rings is 1. The average Bonchev–Trinajstić information content (AvgIpc) is 2.82. The molecule has 1 saturated heterocycles. The molecule has 1 aromatic heterocycles. The lowest BCUT2D eigenvalue weighted by molar-refractivity contribution is -0.125. The van der Waals surface area contributed by atoms with E-state index in [2.05, 4.69) is 21.4 Å². The van der Waals surface area contributed by atoms with E-state index in [1.807, 2.05) is 19.1 Å². The summed E-state index contributed by atoms with van der Waals surface area (Å²) in [5.41, 5.74) is 2.85. The van der Waals surface area contributed by atoms with E-state index >= 15 is 0 Å². The molecule has 0 unspecified atom stereocenters. The minimum atomic E-state index is -0.211. The van der Waals surface area contributed by atoms with E-state index in [1.165, 1.54) is 42.0 Å². The SMILES string of the molecule is Cc1ccc(-n2nc(N3CCC[C@H](C(=O)NCCC4=CCCCC4)C3)ccc2=O)cc1Cl.